The molecular formula is C12H20N2O. The summed E-state index contributed by atoms with van der Waals surface area (Å²) in [6.45, 7) is 9.50. The van der Waals surface area contributed by atoms with Gasteiger partial charge in [-0.1, -0.05) is 0 Å². The van der Waals surface area contributed by atoms with Crippen LogP contribution in [-0.4, -0.2) is 21.2 Å². The Morgan fingerprint density at radius 1 is 1.27 bits per heavy atom. The fraction of sp³-hybridized carbons (Fsp3) is 0.583. The Morgan fingerprint density at radius 3 is 2.33 bits per heavy atom. The Bertz CT molecular complexity index is 340. The molecule has 0 atom stereocenters. The van der Waals surface area contributed by atoms with Crippen molar-refractivity contribution in [2.45, 2.75) is 45.8 Å². The number of anilines is 1. The van der Waals surface area contributed by atoms with Gasteiger partial charge in [-0.05, 0) is 52.3 Å². The van der Waals surface area contributed by atoms with Gasteiger partial charge in [0.1, 0.15) is 5.82 Å². The van der Waals surface area contributed by atoms with Crippen molar-refractivity contribution >= 4 is 5.82 Å². The smallest absolute Gasteiger partial charge is 0.126 e. The highest BCUT2D eigenvalue weighted by Gasteiger charge is 2.35. The molecule has 0 aromatic carbocycles. The van der Waals surface area contributed by atoms with Crippen molar-refractivity contribution in [2.75, 3.05) is 5.32 Å². The van der Waals surface area contributed by atoms with Crippen LogP contribution in [0.1, 0.15) is 33.3 Å². The largest absolute Gasteiger partial charge is 0.388 e. The molecule has 0 radical (unpaired) electrons. The predicted molar refractivity (Wildman–Crippen MR) is 63.0 cm³/mol. The lowest BCUT2D eigenvalue weighted by Gasteiger charge is -2.38. The summed E-state index contributed by atoms with van der Waals surface area (Å²) in [6.07, 6.45) is 1.76. The molecular weight excluding hydrogens is 188 g/mol. The SMILES string of the molecule is Cc1ccnc(NC(C)(C)C(C)(C)O)c1. The molecule has 84 valence electrons. The second kappa shape index (κ2) is 3.81. The van der Waals surface area contributed by atoms with E-state index in [4.69, 9.17) is 0 Å². The molecule has 1 aromatic rings. The first-order valence-electron chi connectivity index (χ1n) is 5.15. The lowest BCUT2D eigenvalue weighted by atomic mass is 9.86. The lowest BCUT2D eigenvalue weighted by molar-refractivity contribution is 0.0239. The van der Waals surface area contributed by atoms with E-state index >= 15 is 0 Å². The third-order valence-corrected chi connectivity index (χ3v) is 2.89. The van der Waals surface area contributed by atoms with Crippen molar-refractivity contribution in [1.82, 2.24) is 4.98 Å². The van der Waals surface area contributed by atoms with Gasteiger partial charge in [-0.25, -0.2) is 4.98 Å². The average molecular weight is 208 g/mol. The topological polar surface area (TPSA) is 45.2 Å². The molecule has 0 bridgehead atoms. The molecule has 1 rings (SSSR count). The Hall–Kier alpha value is -1.09. The van der Waals surface area contributed by atoms with Gasteiger partial charge in [0.05, 0.1) is 11.1 Å². The maximum absolute atomic E-state index is 9.99. The summed E-state index contributed by atoms with van der Waals surface area (Å²) in [7, 11) is 0. The molecule has 0 aliphatic heterocycles. The Morgan fingerprint density at radius 2 is 1.87 bits per heavy atom. The van der Waals surface area contributed by atoms with Crippen molar-refractivity contribution in [3.63, 3.8) is 0 Å². The maximum Gasteiger partial charge on any atom is 0.126 e. The summed E-state index contributed by atoms with van der Waals surface area (Å²) in [4.78, 5) is 4.22. The second-order valence-electron chi connectivity index (χ2n) is 5.03. The number of nitrogens with one attached hydrogen (secondary N) is 1. The van der Waals surface area contributed by atoms with Gasteiger partial charge in [-0.3, -0.25) is 0 Å². The zero-order valence-corrected chi connectivity index (χ0v) is 10.1. The van der Waals surface area contributed by atoms with Gasteiger partial charge in [0.25, 0.3) is 0 Å². The van der Waals surface area contributed by atoms with Crippen LogP contribution in [-0.2, 0) is 0 Å². The van der Waals surface area contributed by atoms with Crippen LogP contribution < -0.4 is 5.32 Å². The number of aryl methyl sites for hydroxylation is 1. The molecule has 0 fully saturated rings. The third kappa shape index (κ3) is 2.93. The molecule has 1 aromatic heterocycles. The Labute approximate surface area is 91.5 Å². The maximum atomic E-state index is 9.99. The van der Waals surface area contributed by atoms with E-state index in [1.807, 2.05) is 32.9 Å². The molecule has 2 N–H and O–H groups in total. The predicted octanol–water partition coefficient (Wildman–Crippen LogP) is 2.35. The van der Waals surface area contributed by atoms with Crippen LogP contribution in [0.5, 0.6) is 0 Å². The number of rotatable bonds is 3. The minimum Gasteiger partial charge on any atom is -0.388 e. The summed E-state index contributed by atoms with van der Waals surface area (Å²) in [5.74, 6) is 0.794. The fourth-order valence-electron chi connectivity index (χ4n) is 1.08. The molecule has 0 unspecified atom stereocenters. The first kappa shape index (κ1) is 12.0. The molecule has 0 spiro atoms. The van der Waals surface area contributed by atoms with Crippen molar-refractivity contribution < 1.29 is 5.11 Å². The Kier molecular flexibility index (Phi) is 3.05. The van der Waals surface area contributed by atoms with Gasteiger partial charge < -0.3 is 10.4 Å². The van der Waals surface area contributed by atoms with Gasteiger partial charge >= 0.3 is 0 Å². The van der Waals surface area contributed by atoms with Crippen molar-refractivity contribution in [2.24, 2.45) is 0 Å². The highest BCUT2D eigenvalue weighted by Crippen LogP contribution is 2.25. The van der Waals surface area contributed by atoms with Crippen molar-refractivity contribution in [1.29, 1.82) is 0 Å². The van der Waals surface area contributed by atoms with Crippen LogP contribution in [0.25, 0.3) is 0 Å². The summed E-state index contributed by atoms with van der Waals surface area (Å²) < 4.78 is 0. The standard InChI is InChI=1S/C12H20N2O/c1-9-6-7-13-10(8-9)14-11(2,3)12(4,5)15/h6-8,15H,1-5H3,(H,13,14). The Balaban J connectivity index is 2.87. The van der Waals surface area contributed by atoms with Gasteiger partial charge in [0.15, 0.2) is 0 Å². The number of hydrogen-bond acceptors (Lipinski definition) is 3. The van der Waals surface area contributed by atoms with E-state index < -0.39 is 11.1 Å². The normalized spacial score (nSPS) is 12.7. The van der Waals surface area contributed by atoms with E-state index in [-0.39, 0.29) is 0 Å². The monoisotopic (exact) mass is 208 g/mol. The molecule has 0 aliphatic carbocycles. The van der Waals surface area contributed by atoms with E-state index in [2.05, 4.69) is 10.3 Å². The number of aromatic nitrogens is 1. The summed E-state index contributed by atoms with van der Waals surface area (Å²) in [5.41, 5.74) is -0.0780. The highest BCUT2D eigenvalue weighted by atomic mass is 16.3. The molecule has 0 saturated carbocycles. The molecule has 3 heteroatoms. The van der Waals surface area contributed by atoms with Gasteiger partial charge in [0, 0.05) is 6.20 Å². The third-order valence-electron chi connectivity index (χ3n) is 2.89. The highest BCUT2D eigenvalue weighted by molar-refractivity contribution is 5.40. The molecule has 15 heavy (non-hydrogen) atoms. The first-order valence-corrected chi connectivity index (χ1v) is 5.15. The minimum absolute atomic E-state index is 0.423. The summed E-state index contributed by atoms with van der Waals surface area (Å²) >= 11 is 0. The number of nitrogens with zero attached hydrogens (tertiary/aromatic N) is 1. The summed E-state index contributed by atoms with van der Waals surface area (Å²) in [5, 5.41) is 13.2. The van der Waals surface area contributed by atoms with Crippen LogP contribution >= 0.6 is 0 Å². The average Bonchev–Trinajstić information content (AvgIpc) is 2.00. The van der Waals surface area contributed by atoms with Gasteiger partial charge in [0.2, 0.25) is 0 Å². The van der Waals surface area contributed by atoms with Crippen LogP contribution in [0.15, 0.2) is 18.3 Å². The van der Waals surface area contributed by atoms with E-state index in [9.17, 15) is 5.11 Å². The van der Waals surface area contributed by atoms with Crippen molar-refractivity contribution in [3.05, 3.63) is 23.9 Å². The van der Waals surface area contributed by atoms with Crippen molar-refractivity contribution in [3.8, 4) is 0 Å². The quantitative estimate of drug-likeness (QED) is 0.801. The zero-order valence-electron chi connectivity index (χ0n) is 10.1. The molecule has 1 heterocycles. The molecule has 0 amide bonds. The van der Waals surface area contributed by atoms with Crippen LogP contribution in [0, 0.1) is 6.92 Å². The molecule has 3 nitrogen and oxygen atoms in total. The molecule has 0 aliphatic rings. The number of aliphatic hydroxyl groups is 1. The van der Waals surface area contributed by atoms with E-state index in [1.54, 1.807) is 20.0 Å². The van der Waals surface area contributed by atoms with Crippen LogP contribution in [0.2, 0.25) is 0 Å². The lowest BCUT2D eigenvalue weighted by Crippen LogP contribution is -2.51. The van der Waals surface area contributed by atoms with Gasteiger partial charge in [-0.15, -0.1) is 0 Å². The van der Waals surface area contributed by atoms with Crippen LogP contribution in [0.3, 0.4) is 0 Å². The van der Waals surface area contributed by atoms with E-state index in [0.717, 1.165) is 11.4 Å². The summed E-state index contributed by atoms with van der Waals surface area (Å²) in [6, 6.07) is 3.91. The van der Waals surface area contributed by atoms with E-state index in [1.165, 1.54) is 0 Å². The number of hydrogen-bond donors (Lipinski definition) is 2. The first-order chi connectivity index (χ1) is 6.72. The fourth-order valence-corrected chi connectivity index (χ4v) is 1.08. The molecule has 0 saturated heterocycles. The van der Waals surface area contributed by atoms with Crippen LogP contribution in [0.4, 0.5) is 5.82 Å². The zero-order chi connectivity index (χ0) is 11.7. The second-order valence-corrected chi connectivity index (χ2v) is 5.03. The number of pyridine rings is 1. The van der Waals surface area contributed by atoms with Gasteiger partial charge in [-0.2, -0.15) is 0 Å². The van der Waals surface area contributed by atoms with E-state index in [0.29, 0.717) is 0 Å². The minimum atomic E-state index is -0.807.